The van der Waals surface area contributed by atoms with Crippen LogP contribution in [0.15, 0.2) is 0 Å². The molecule has 1 aliphatic heterocycles. The van der Waals surface area contributed by atoms with E-state index < -0.39 is 16.9 Å². The SMILES string of the molecule is [C-]#[N+]CCOP(OC1[C@H](OC)[CH-]O[C@@H]1COC)O[Si](C)(C)C.[U]. The van der Waals surface area contributed by atoms with Crippen molar-refractivity contribution in [1.82, 2.24) is 0 Å². The maximum Gasteiger partial charge on any atom is 0.322 e. The van der Waals surface area contributed by atoms with Gasteiger partial charge in [-0.1, -0.05) is 0 Å². The Morgan fingerprint density at radius 2 is 2.00 bits per heavy atom. The van der Waals surface area contributed by atoms with Gasteiger partial charge in [0, 0.05) is 45.3 Å². The number of hydrogen-bond donors (Lipinski definition) is 0. The van der Waals surface area contributed by atoms with E-state index in [9.17, 15) is 0 Å². The van der Waals surface area contributed by atoms with Gasteiger partial charge in [-0.05, 0) is 25.7 Å². The van der Waals surface area contributed by atoms with Gasteiger partial charge in [-0.2, -0.15) is 6.61 Å². The number of nitrogens with zero attached hydrogens (tertiary/aromatic N) is 1. The Morgan fingerprint density at radius 3 is 2.52 bits per heavy atom. The number of methoxy groups -OCH3 is 2. The zero-order valence-electron chi connectivity index (χ0n) is 14.3. The van der Waals surface area contributed by atoms with Crippen LogP contribution in [0.1, 0.15) is 0 Å². The van der Waals surface area contributed by atoms with Crippen molar-refractivity contribution < 1.29 is 58.6 Å². The summed E-state index contributed by atoms with van der Waals surface area (Å²) in [7, 11) is -0.205. The maximum atomic E-state index is 6.82. The molecule has 1 fully saturated rings. The van der Waals surface area contributed by atoms with Crippen LogP contribution in [0.4, 0.5) is 0 Å². The molecule has 0 spiro atoms. The molecule has 0 bridgehead atoms. The van der Waals surface area contributed by atoms with Gasteiger partial charge in [0.1, 0.15) is 6.61 Å². The van der Waals surface area contributed by atoms with E-state index in [-0.39, 0.29) is 62.6 Å². The van der Waals surface area contributed by atoms with Crippen LogP contribution in [0.2, 0.25) is 19.6 Å². The third-order valence-electron chi connectivity index (χ3n) is 2.64. The van der Waals surface area contributed by atoms with Crippen molar-refractivity contribution in [3.05, 3.63) is 18.0 Å². The predicted octanol–water partition coefficient (Wildman–Crippen LogP) is 2.61. The van der Waals surface area contributed by atoms with E-state index in [2.05, 4.69) is 24.5 Å². The molecule has 1 aliphatic rings. The van der Waals surface area contributed by atoms with Crippen LogP contribution in [-0.4, -0.2) is 60.6 Å². The summed E-state index contributed by atoms with van der Waals surface area (Å²) in [5.41, 5.74) is 0. The van der Waals surface area contributed by atoms with E-state index >= 15 is 0 Å². The van der Waals surface area contributed by atoms with Crippen LogP contribution in [0.25, 0.3) is 4.85 Å². The van der Waals surface area contributed by atoms with E-state index in [1.165, 1.54) is 0 Å². The second kappa shape index (κ2) is 12.3. The minimum absolute atomic E-state index is 0. The minimum atomic E-state index is -1.85. The molecular formula is C13H25NO6PSiU-. The van der Waals surface area contributed by atoms with Crippen molar-refractivity contribution in [3.63, 3.8) is 0 Å². The van der Waals surface area contributed by atoms with Crippen LogP contribution in [0.3, 0.4) is 0 Å². The molecule has 23 heavy (non-hydrogen) atoms. The zero-order chi connectivity index (χ0) is 16.6. The van der Waals surface area contributed by atoms with Gasteiger partial charge in [-0.25, -0.2) is 6.57 Å². The normalized spacial score (nSPS) is 25.7. The Bertz CT molecular complexity index is 367. The van der Waals surface area contributed by atoms with Crippen molar-refractivity contribution in [3.8, 4) is 0 Å². The molecule has 0 aromatic carbocycles. The molecule has 0 aliphatic carbocycles. The van der Waals surface area contributed by atoms with Gasteiger partial charge in [0.15, 0.2) is 8.32 Å². The van der Waals surface area contributed by atoms with Crippen molar-refractivity contribution in [1.29, 1.82) is 0 Å². The first kappa shape index (κ1) is 23.9. The molecule has 0 aromatic heterocycles. The number of hydrogen-bond acceptors (Lipinski definition) is 6. The van der Waals surface area contributed by atoms with Crippen molar-refractivity contribution in [2.75, 3.05) is 34.0 Å². The molecule has 0 aromatic rings. The molecule has 1 saturated heterocycles. The largest absolute Gasteiger partial charge is 0.544 e. The minimum Gasteiger partial charge on any atom is -0.544 e. The molecular weight excluding hydrogens is 563 g/mol. The molecule has 7 nitrogen and oxygen atoms in total. The van der Waals surface area contributed by atoms with Gasteiger partial charge in [0.25, 0.3) is 0 Å². The molecule has 0 amide bonds. The molecule has 132 valence electrons. The van der Waals surface area contributed by atoms with E-state index in [1.807, 2.05) is 0 Å². The van der Waals surface area contributed by atoms with Crippen LogP contribution >= 0.6 is 8.60 Å². The summed E-state index contributed by atoms with van der Waals surface area (Å²) in [4.78, 5) is 3.27. The Balaban J connectivity index is 0.00000484. The standard InChI is InChI=1S/C13H25NO6PSi.U/c1-14-7-8-18-21(20-22(4,5)6)19-13-11(16-3)10-17-12(13)9-15-2;/h10-13H,7-9H2,2-6H3;/q-1;/t11-,12-,13?,21?;/m1./s1. The molecule has 4 atom stereocenters. The fourth-order valence-electron chi connectivity index (χ4n) is 1.72. The Labute approximate surface area is 165 Å². The topological polar surface area (TPSA) is 59.7 Å². The van der Waals surface area contributed by atoms with Gasteiger partial charge in [0.2, 0.25) is 6.54 Å². The maximum absolute atomic E-state index is 6.82. The quantitative estimate of drug-likeness (QED) is 0.169. The van der Waals surface area contributed by atoms with Crippen LogP contribution in [0, 0.1) is 44.3 Å². The van der Waals surface area contributed by atoms with Crippen molar-refractivity contribution in [2.45, 2.75) is 38.0 Å². The molecule has 1 heterocycles. The first-order chi connectivity index (χ1) is 10.4. The molecule has 2 unspecified atom stereocenters. The third kappa shape index (κ3) is 9.28. The Kier molecular flexibility index (Phi) is 12.8. The Morgan fingerprint density at radius 1 is 1.30 bits per heavy atom. The third-order valence-corrected chi connectivity index (χ3v) is 6.23. The fraction of sp³-hybridized carbons (Fsp3) is 0.846. The van der Waals surface area contributed by atoms with Crippen molar-refractivity contribution >= 4 is 16.9 Å². The summed E-state index contributed by atoms with van der Waals surface area (Å²) < 4.78 is 33.6. The summed E-state index contributed by atoms with van der Waals surface area (Å²) in [5.74, 6) is 0. The summed E-state index contributed by atoms with van der Waals surface area (Å²) in [6.45, 7) is 15.5. The second-order valence-corrected chi connectivity index (χ2v) is 11.5. The van der Waals surface area contributed by atoms with E-state index in [4.69, 9.17) is 34.0 Å². The predicted molar refractivity (Wildman–Crippen MR) is 85.5 cm³/mol. The van der Waals surface area contributed by atoms with Crippen LogP contribution in [-0.2, 0) is 27.5 Å². The van der Waals surface area contributed by atoms with Gasteiger partial charge in [-0.15, -0.1) is 0 Å². The fourth-order valence-corrected chi connectivity index (χ4v) is 4.64. The Hall–Kier alpha value is 0.949. The average Bonchev–Trinajstić information content (AvgIpc) is 2.80. The summed E-state index contributed by atoms with van der Waals surface area (Å²) in [5, 5.41) is 0. The van der Waals surface area contributed by atoms with E-state index in [0.717, 1.165) is 0 Å². The molecule has 0 saturated carbocycles. The zero-order valence-corrected chi connectivity index (χ0v) is 20.3. The summed E-state index contributed by atoms with van der Waals surface area (Å²) in [6, 6.07) is 0. The van der Waals surface area contributed by atoms with Gasteiger partial charge in [0.05, 0.1) is 18.8 Å². The average molecular weight is 588 g/mol. The first-order valence-corrected chi connectivity index (χ1v) is 11.5. The second-order valence-electron chi connectivity index (χ2n) is 5.68. The number of ether oxygens (including phenoxy) is 3. The van der Waals surface area contributed by atoms with Gasteiger partial charge in [-0.3, -0.25) is 0 Å². The van der Waals surface area contributed by atoms with Crippen LogP contribution < -0.4 is 0 Å². The van der Waals surface area contributed by atoms with E-state index in [1.54, 1.807) is 20.8 Å². The summed E-state index contributed by atoms with van der Waals surface area (Å²) in [6.07, 6.45) is -0.935. The molecule has 10 heteroatoms. The smallest absolute Gasteiger partial charge is 0.322 e. The number of rotatable bonds is 10. The first-order valence-electron chi connectivity index (χ1n) is 7.04. The van der Waals surface area contributed by atoms with Gasteiger partial charge >= 0.3 is 8.60 Å². The molecule has 0 N–H and O–H groups in total. The molecule has 1 rings (SSSR count). The van der Waals surface area contributed by atoms with E-state index in [0.29, 0.717) is 6.61 Å². The van der Waals surface area contributed by atoms with Gasteiger partial charge < -0.3 is 32.3 Å². The van der Waals surface area contributed by atoms with Crippen LogP contribution in [0.5, 0.6) is 0 Å². The molecule has 0 radical (unpaired) electrons. The monoisotopic (exact) mass is 588 g/mol. The summed E-state index contributed by atoms with van der Waals surface area (Å²) >= 11 is 0. The van der Waals surface area contributed by atoms with Crippen molar-refractivity contribution in [2.24, 2.45) is 0 Å².